The molecule has 0 fully saturated rings. The van der Waals surface area contributed by atoms with Gasteiger partial charge in [0.25, 0.3) is 0 Å². The van der Waals surface area contributed by atoms with Gasteiger partial charge < -0.3 is 5.32 Å². The Morgan fingerprint density at radius 1 is 0.667 bits per heavy atom. The lowest BCUT2D eigenvalue weighted by molar-refractivity contribution is 1.15. The van der Waals surface area contributed by atoms with E-state index in [4.69, 9.17) is 4.98 Å². The van der Waals surface area contributed by atoms with E-state index in [0.717, 1.165) is 29.0 Å². The van der Waals surface area contributed by atoms with Gasteiger partial charge in [-0.1, -0.05) is 66.7 Å². The van der Waals surface area contributed by atoms with Crippen LogP contribution in [0.3, 0.4) is 0 Å². The maximum atomic E-state index is 4.75. The number of aromatic nitrogens is 1. The van der Waals surface area contributed by atoms with Crippen LogP contribution < -0.4 is 5.32 Å². The zero-order valence-corrected chi connectivity index (χ0v) is 13.3. The van der Waals surface area contributed by atoms with Crippen LogP contribution in [0.25, 0.3) is 22.2 Å². The van der Waals surface area contributed by atoms with Crippen LogP contribution in [0.15, 0.2) is 91.0 Å². The zero-order valence-electron chi connectivity index (χ0n) is 13.3. The molecule has 1 heterocycles. The van der Waals surface area contributed by atoms with Gasteiger partial charge in [0.1, 0.15) is 0 Å². The molecular weight excluding hydrogens is 292 g/mol. The number of fused-ring (bicyclic) bond motifs is 1. The molecule has 0 spiro atoms. The number of rotatable bonds is 4. The second kappa shape index (κ2) is 6.55. The van der Waals surface area contributed by atoms with Crippen LogP contribution in [0.1, 0.15) is 5.56 Å². The lowest BCUT2D eigenvalue weighted by Crippen LogP contribution is -1.98. The molecule has 0 saturated heterocycles. The zero-order chi connectivity index (χ0) is 16.2. The van der Waals surface area contributed by atoms with Crippen molar-refractivity contribution in [2.45, 2.75) is 6.54 Å². The van der Waals surface area contributed by atoms with E-state index in [-0.39, 0.29) is 0 Å². The predicted octanol–water partition coefficient (Wildman–Crippen LogP) is 5.51. The number of hydrogen-bond donors (Lipinski definition) is 1. The van der Waals surface area contributed by atoms with Gasteiger partial charge >= 0.3 is 0 Å². The van der Waals surface area contributed by atoms with Gasteiger partial charge in [-0.15, -0.1) is 0 Å². The standard InChI is InChI=1S/C22H18N2/c1-2-6-17(7-3-1)16-23-20-13-10-19(11-14-20)22-15-12-18-8-4-5-9-21(18)24-22/h1-15,23H,16H2. The molecule has 4 rings (SSSR count). The Morgan fingerprint density at radius 3 is 2.25 bits per heavy atom. The van der Waals surface area contributed by atoms with E-state index in [9.17, 15) is 0 Å². The minimum absolute atomic E-state index is 0.828. The third kappa shape index (κ3) is 3.13. The third-order valence-corrected chi connectivity index (χ3v) is 4.12. The summed E-state index contributed by atoms with van der Waals surface area (Å²) in [6.07, 6.45) is 0. The number of para-hydroxylation sites is 1. The van der Waals surface area contributed by atoms with Gasteiger partial charge in [-0.3, -0.25) is 0 Å². The molecule has 0 aliphatic rings. The van der Waals surface area contributed by atoms with E-state index in [1.165, 1.54) is 10.9 Å². The van der Waals surface area contributed by atoms with E-state index < -0.39 is 0 Å². The highest BCUT2D eigenvalue weighted by atomic mass is 14.9. The second-order valence-electron chi connectivity index (χ2n) is 5.81. The average Bonchev–Trinajstić information content (AvgIpc) is 2.67. The summed E-state index contributed by atoms with van der Waals surface area (Å²) in [5.41, 5.74) is 5.55. The van der Waals surface area contributed by atoms with Crippen LogP contribution in [0, 0.1) is 0 Å². The SMILES string of the molecule is c1ccc(CNc2ccc(-c3ccc4ccccc4n3)cc2)cc1. The smallest absolute Gasteiger partial charge is 0.0709 e. The van der Waals surface area contributed by atoms with E-state index in [2.05, 4.69) is 78.1 Å². The molecule has 0 atom stereocenters. The maximum Gasteiger partial charge on any atom is 0.0709 e. The van der Waals surface area contributed by atoms with Crippen molar-refractivity contribution in [1.82, 2.24) is 4.98 Å². The Kier molecular flexibility index (Phi) is 3.95. The largest absolute Gasteiger partial charge is 0.381 e. The van der Waals surface area contributed by atoms with Crippen LogP contribution >= 0.6 is 0 Å². The average molecular weight is 310 g/mol. The van der Waals surface area contributed by atoms with Crippen LogP contribution in [0.4, 0.5) is 5.69 Å². The summed E-state index contributed by atoms with van der Waals surface area (Å²) in [7, 11) is 0. The molecule has 0 amide bonds. The van der Waals surface area contributed by atoms with Crippen molar-refractivity contribution < 1.29 is 0 Å². The Bertz CT molecular complexity index is 944. The summed E-state index contributed by atoms with van der Waals surface area (Å²) in [6.45, 7) is 0.828. The monoisotopic (exact) mass is 310 g/mol. The van der Waals surface area contributed by atoms with Crippen LogP contribution in [0.5, 0.6) is 0 Å². The molecule has 0 bridgehead atoms. The number of benzene rings is 3. The van der Waals surface area contributed by atoms with Crippen molar-refractivity contribution in [3.8, 4) is 11.3 Å². The van der Waals surface area contributed by atoms with Gasteiger partial charge in [0.15, 0.2) is 0 Å². The minimum atomic E-state index is 0.828. The van der Waals surface area contributed by atoms with Crippen molar-refractivity contribution >= 4 is 16.6 Å². The van der Waals surface area contributed by atoms with Gasteiger partial charge in [0.2, 0.25) is 0 Å². The molecule has 1 N–H and O–H groups in total. The summed E-state index contributed by atoms with van der Waals surface area (Å²) >= 11 is 0. The van der Waals surface area contributed by atoms with Gasteiger partial charge in [-0.05, 0) is 29.8 Å². The lowest BCUT2D eigenvalue weighted by Gasteiger charge is -2.08. The Balaban J connectivity index is 1.52. The lowest BCUT2D eigenvalue weighted by atomic mass is 10.1. The molecule has 0 aliphatic heterocycles. The van der Waals surface area contributed by atoms with Crippen LogP contribution in [-0.2, 0) is 6.54 Å². The van der Waals surface area contributed by atoms with Gasteiger partial charge in [-0.25, -0.2) is 4.98 Å². The fourth-order valence-electron chi connectivity index (χ4n) is 2.79. The molecule has 116 valence electrons. The number of hydrogen-bond acceptors (Lipinski definition) is 2. The number of nitrogens with zero attached hydrogens (tertiary/aromatic N) is 1. The Hall–Kier alpha value is -3.13. The summed E-state index contributed by atoms with van der Waals surface area (Å²) in [5.74, 6) is 0. The maximum absolute atomic E-state index is 4.75. The summed E-state index contributed by atoms with van der Waals surface area (Å²) in [4.78, 5) is 4.75. The molecule has 0 aliphatic carbocycles. The third-order valence-electron chi connectivity index (χ3n) is 4.12. The first-order valence-corrected chi connectivity index (χ1v) is 8.12. The van der Waals surface area contributed by atoms with Crippen LogP contribution in [0.2, 0.25) is 0 Å². The van der Waals surface area contributed by atoms with Crippen molar-refractivity contribution in [3.63, 3.8) is 0 Å². The summed E-state index contributed by atoms with van der Waals surface area (Å²) < 4.78 is 0. The Morgan fingerprint density at radius 2 is 1.42 bits per heavy atom. The van der Waals surface area contributed by atoms with E-state index >= 15 is 0 Å². The molecule has 24 heavy (non-hydrogen) atoms. The normalized spacial score (nSPS) is 10.7. The second-order valence-corrected chi connectivity index (χ2v) is 5.81. The predicted molar refractivity (Wildman–Crippen MR) is 101 cm³/mol. The molecule has 0 saturated carbocycles. The first-order valence-electron chi connectivity index (χ1n) is 8.12. The Labute approximate surface area is 141 Å². The van der Waals surface area contributed by atoms with Gasteiger partial charge in [0.05, 0.1) is 11.2 Å². The topological polar surface area (TPSA) is 24.9 Å². The van der Waals surface area contributed by atoms with Crippen molar-refractivity contribution in [2.75, 3.05) is 5.32 Å². The molecule has 2 heteroatoms. The highest BCUT2D eigenvalue weighted by Crippen LogP contribution is 2.22. The summed E-state index contributed by atoms with van der Waals surface area (Å²) in [6, 6.07) is 31.3. The van der Waals surface area contributed by atoms with Gasteiger partial charge in [-0.2, -0.15) is 0 Å². The number of nitrogens with one attached hydrogen (secondary N) is 1. The summed E-state index contributed by atoms with van der Waals surface area (Å²) in [5, 5.41) is 4.62. The molecule has 1 aromatic heterocycles. The van der Waals surface area contributed by atoms with E-state index in [0.29, 0.717) is 0 Å². The molecule has 0 unspecified atom stereocenters. The van der Waals surface area contributed by atoms with Crippen molar-refractivity contribution in [3.05, 3.63) is 96.6 Å². The van der Waals surface area contributed by atoms with Gasteiger partial charge in [0, 0.05) is 23.2 Å². The number of pyridine rings is 1. The molecule has 0 radical (unpaired) electrons. The first-order chi connectivity index (χ1) is 11.9. The van der Waals surface area contributed by atoms with E-state index in [1.54, 1.807) is 0 Å². The van der Waals surface area contributed by atoms with Crippen LogP contribution in [-0.4, -0.2) is 4.98 Å². The molecule has 4 aromatic rings. The fraction of sp³-hybridized carbons (Fsp3) is 0.0455. The highest BCUT2D eigenvalue weighted by molar-refractivity contribution is 5.81. The minimum Gasteiger partial charge on any atom is -0.381 e. The molecular formula is C22H18N2. The van der Waals surface area contributed by atoms with Crippen molar-refractivity contribution in [2.24, 2.45) is 0 Å². The number of anilines is 1. The van der Waals surface area contributed by atoms with Crippen molar-refractivity contribution in [1.29, 1.82) is 0 Å². The molecule has 2 nitrogen and oxygen atoms in total. The van der Waals surface area contributed by atoms with E-state index in [1.807, 2.05) is 18.2 Å². The highest BCUT2D eigenvalue weighted by Gasteiger charge is 2.02. The molecule has 3 aromatic carbocycles. The first kappa shape index (κ1) is 14.5. The quantitative estimate of drug-likeness (QED) is 0.537. The fourth-order valence-corrected chi connectivity index (χ4v) is 2.79.